The largest absolute Gasteiger partial charge is 0.310 e. The summed E-state index contributed by atoms with van der Waals surface area (Å²) in [5.41, 5.74) is 15.2. The number of anilines is 3. The van der Waals surface area contributed by atoms with Crippen LogP contribution in [-0.2, 0) is 5.41 Å². The Morgan fingerprint density at radius 3 is 1.69 bits per heavy atom. The Balaban J connectivity index is 1.01. The van der Waals surface area contributed by atoms with Gasteiger partial charge in [-0.25, -0.2) is 4.98 Å². The maximum absolute atomic E-state index is 5.32. The molecule has 1 aliphatic carbocycles. The van der Waals surface area contributed by atoms with Crippen LogP contribution in [0.15, 0.2) is 212 Å². The van der Waals surface area contributed by atoms with Gasteiger partial charge in [-0.3, -0.25) is 4.57 Å². The number of aromatic nitrogens is 2. The van der Waals surface area contributed by atoms with Crippen molar-refractivity contribution in [1.82, 2.24) is 9.55 Å². The summed E-state index contributed by atoms with van der Waals surface area (Å²) in [6, 6.07) is 77.3. The second-order valence-electron chi connectivity index (χ2n) is 16.9. The number of benzene rings is 10. The lowest BCUT2D eigenvalue weighted by atomic mass is 9.81. The molecule has 0 bridgehead atoms. The molecule has 0 spiro atoms. The fraction of sp³-hybridized carbons (Fsp3) is 0.0517. The average molecular weight is 780 g/mol. The van der Waals surface area contributed by atoms with Gasteiger partial charge in [-0.1, -0.05) is 153 Å². The molecule has 3 heteroatoms. The summed E-state index contributed by atoms with van der Waals surface area (Å²) < 4.78 is 2.32. The molecule has 0 radical (unpaired) electrons. The van der Waals surface area contributed by atoms with Gasteiger partial charge in [0.2, 0.25) is 0 Å². The lowest BCUT2D eigenvalue weighted by molar-refractivity contribution is 0.662. The SMILES string of the molecule is CC1(C)c2cc3ccc4cc(N(c5ccc(-c6ccccc6)cc5)c5ccc6ccccc6c5)ccc4c3cc2-c2cc3c(cc21)nc(-c1ccccc1)n3-c1ccccc1. The molecule has 288 valence electrons. The zero-order valence-corrected chi connectivity index (χ0v) is 34.0. The van der Waals surface area contributed by atoms with Crippen LogP contribution in [0.2, 0.25) is 0 Å². The van der Waals surface area contributed by atoms with Gasteiger partial charge in [0.25, 0.3) is 0 Å². The molecule has 0 N–H and O–H groups in total. The van der Waals surface area contributed by atoms with E-state index in [9.17, 15) is 0 Å². The van der Waals surface area contributed by atoms with Gasteiger partial charge in [-0.15, -0.1) is 0 Å². The fourth-order valence-electron chi connectivity index (χ4n) is 9.80. The van der Waals surface area contributed by atoms with Gasteiger partial charge in [-0.2, -0.15) is 0 Å². The quantitative estimate of drug-likeness (QED) is 0.157. The molecule has 0 saturated carbocycles. The van der Waals surface area contributed by atoms with E-state index in [1.165, 1.54) is 65.7 Å². The molecule has 0 amide bonds. The van der Waals surface area contributed by atoms with Crippen molar-refractivity contribution >= 4 is 60.4 Å². The van der Waals surface area contributed by atoms with Crippen LogP contribution in [0, 0.1) is 0 Å². The molecule has 0 unspecified atom stereocenters. The molecular weight excluding hydrogens is 739 g/mol. The third kappa shape index (κ3) is 5.69. The molecular formula is C58H41N3. The number of imidazole rings is 1. The van der Waals surface area contributed by atoms with Gasteiger partial charge >= 0.3 is 0 Å². The molecule has 0 fully saturated rings. The number of nitrogens with zero attached hydrogens (tertiary/aromatic N) is 3. The van der Waals surface area contributed by atoms with Crippen LogP contribution >= 0.6 is 0 Å². The van der Waals surface area contributed by atoms with Gasteiger partial charge < -0.3 is 4.90 Å². The topological polar surface area (TPSA) is 21.1 Å². The van der Waals surface area contributed by atoms with Gasteiger partial charge in [0.1, 0.15) is 5.82 Å². The molecule has 1 heterocycles. The Morgan fingerprint density at radius 1 is 0.410 bits per heavy atom. The average Bonchev–Trinajstić information content (AvgIpc) is 3.79. The van der Waals surface area contributed by atoms with E-state index in [2.05, 4.69) is 236 Å². The minimum absolute atomic E-state index is 0.189. The number of fused-ring (bicyclic) bond motifs is 8. The van der Waals surface area contributed by atoms with Crippen molar-refractivity contribution in [3.05, 3.63) is 223 Å². The Bertz CT molecular complexity index is 3470. The molecule has 1 aromatic heterocycles. The number of para-hydroxylation sites is 1. The van der Waals surface area contributed by atoms with Crippen molar-refractivity contribution < 1.29 is 0 Å². The van der Waals surface area contributed by atoms with E-state index in [0.717, 1.165) is 45.2 Å². The first-order valence-electron chi connectivity index (χ1n) is 21.1. The Hall–Kier alpha value is -7.75. The first-order chi connectivity index (χ1) is 30.0. The van der Waals surface area contributed by atoms with Crippen molar-refractivity contribution in [3.63, 3.8) is 0 Å². The van der Waals surface area contributed by atoms with E-state index < -0.39 is 0 Å². The minimum atomic E-state index is -0.189. The number of hydrogen-bond acceptors (Lipinski definition) is 2. The highest BCUT2D eigenvalue weighted by Crippen LogP contribution is 2.52. The van der Waals surface area contributed by atoms with Crippen LogP contribution in [0.4, 0.5) is 17.1 Å². The number of rotatable bonds is 6. The predicted octanol–water partition coefficient (Wildman–Crippen LogP) is 15.6. The maximum atomic E-state index is 5.32. The summed E-state index contributed by atoms with van der Waals surface area (Å²) in [6.07, 6.45) is 0. The Labute approximate surface area is 355 Å². The standard InChI is InChI=1S/C58H41N3/c1-58(2)53-34-44-23-22-43-33-48(60(47-29-26-39-16-12-13-19-42(39)32-47)46-27-24-40(25-28-46)38-14-6-3-7-15-38)30-31-49(43)50(44)35-51(53)52-36-56-55(37-54(52)58)59-57(41-17-8-4-9-18-41)61(56)45-20-10-5-11-21-45/h3-37H,1-2H3. The van der Waals surface area contributed by atoms with Crippen molar-refractivity contribution in [3.8, 4) is 39.3 Å². The van der Waals surface area contributed by atoms with Gasteiger partial charge in [0.05, 0.1) is 11.0 Å². The second kappa shape index (κ2) is 13.7. The highest BCUT2D eigenvalue weighted by Gasteiger charge is 2.37. The van der Waals surface area contributed by atoms with Crippen molar-refractivity contribution in [2.45, 2.75) is 19.3 Å². The van der Waals surface area contributed by atoms with Crippen LogP contribution in [0.5, 0.6) is 0 Å². The zero-order valence-electron chi connectivity index (χ0n) is 34.0. The smallest absolute Gasteiger partial charge is 0.145 e. The van der Waals surface area contributed by atoms with Crippen LogP contribution in [0.1, 0.15) is 25.0 Å². The molecule has 3 nitrogen and oxygen atoms in total. The van der Waals surface area contributed by atoms with E-state index in [0.29, 0.717) is 0 Å². The summed E-state index contributed by atoms with van der Waals surface area (Å²) in [6.45, 7) is 4.73. The van der Waals surface area contributed by atoms with E-state index in [1.54, 1.807) is 0 Å². The molecule has 11 aromatic rings. The fourth-order valence-corrected chi connectivity index (χ4v) is 9.80. The normalized spacial score (nSPS) is 12.9. The molecule has 12 rings (SSSR count). The Morgan fingerprint density at radius 2 is 0.951 bits per heavy atom. The van der Waals surface area contributed by atoms with Crippen LogP contribution < -0.4 is 4.90 Å². The molecule has 61 heavy (non-hydrogen) atoms. The summed E-state index contributed by atoms with van der Waals surface area (Å²) in [5.74, 6) is 0.952. The highest BCUT2D eigenvalue weighted by molar-refractivity contribution is 6.11. The third-order valence-electron chi connectivity index (χ3n) is 12.9. The summed E-state index contributed by atoms with van der Waals surface area (Å²) in [5, 5.41) is 7.42. The lowest BCUT2D eigenvalue weighted by Crippen LogP contribution is -2.15. The second-order valence-corrected chi connectivity index (χ2v) is 16.9. The summed E-state index contributed by atoms with van der Waals surface area (Å²) >= 11 is 0. The molecule has 0 aliphatic heterocycles. The van der Waals surface area contributed by atoms with Crippen molar-refractivity contribution in [2.75, 3.05) is 4.90 Å². The molecule has 1 aliphatic rings. The lowest BCUT2D eigenvalue weighted by Gasteiger charge is -2.26. The molecule has 0 saturated heterocycles. The number of hydrogen-bond donors (Lipinski definition) is 0. The van der Waals surface area contributed by atoms with Crippen LogP contribution in [-0.4, -0.2) is 9.55 Å². The van der Waals surface area contributed by atoms with Gasteiger partial charge in [-0.05, 0) is 138 Å². The Kier molecular flexibility index (Phi) is 7.88. The minimum Gasteiger partial charge on any atom is -0.310 e. The van der Waals surface area contributed by atoms with Crippen molar-refractivity contribution in [2.24, 2.45) is 0 Å². The molecule has 10 aromatic carbocycles. The van der Waals surface area contributed by atoms with E-state index in [1.807, 2.05) is 0 Å². The van der Waals surface area contributed by atoms with E-state index >= 15 is 0 Å². The molecule has 0 atom stereocenters. The van der Waals surface area contributed by atoms with Gasteiger partial charge in [0, 0.05) is 33.7 Å². The third-order valence-corrected chi connectivity index (χ3v) is 12.9. The monoisotopic (exact) mass is 779 g/mol. The summed E-state index contributed by atoms with van der Waals surface area (Å²) in [7, 11) is 0. The summed E-state index contributed by atoms with van der Waals surface area (Å²) in [4.78, 5) is 7.71. The zero-order chi connectivity index (χ0) is 40.7. The van der Waals surface area contributed by atoms with E-state index in [4.69, 9.17) is 4.98 Å². The first kappa shape index (κ1) is 35.2. The van der Waals surface area contributed by atoms with Crippen LogP contribution in [0.3, 0.4) is 0 Å². The van der Waals surface area contributed by atoms with Crippen molar-refractivity contribution in [1.29, 1.82) is 0 Å². The highest BCUT2D eigenvalue weighted by atomic mass is 15.1. The van der Waals surface area contributed by atoms with E-state index in [-0.39, 0.29) is 5.41 Å². The first-order valence-corrected chi connectivity index (χ1v) is 21.1. The predicted molar refractivity (Wildman–Crippen MR) is 257 cm³/mol. The van der Waals surface area contributed by atoms with Gasteiger partial charge in [0.15, 0.2) is 0 Å². The van der Waals surface area contributed by atoms with Crippen LogP contribution in [0.25, 0.3) is 82.7 Å². The maximum Gasteiger partial charge on any atom is 0.145 e.